The first-order chi connectivity index (χ1) is 10.3. The predicted molar refractivity (Wildman–Crippen MR) is 78.7 cm³/mol. The van der Waals surface area contributed by atoms with Crippen LogP contribution in [0.1, 0.15) is 18.4 Å². The van der Waals surface area contributed by atoms with Gasteiger partial charge in [0.05, 0.1) is 12.0 Å². The van der Waals surface area contributed by atoms with Gasteiger partial charge in [0.25, 0.3) is 0 Å². The number of carbonyl (C=O) groups is 1. The molecule has 1 heterocycles. The van der Waals surface area contributed by atoms with Gasteiger partial charge in [0.1, 0.15) is 0 Å². The average molecular weight is 330 g/mol. The van der Waals surface area contributed by atoms with Crippen molar-refractivity contribution in [2.75, 3.05) is 20.7 Å². The van der Waals surface area contributed by atoms with Gasteiger partial charge in [-0.2, -0.15) is 0 Å². The molecule has 1 atom stereocenters. The zero-order chi connectivity index (χ0) is 16.5. The Balaban J connectivity index is 2.24. The van der Waals surface area contributed by atoms with Crippen LogP contribution < -0.4 is 9.46 Å². The van der Waals surface area contributed by atoms with Crippen molar-refractivity contribution in [2.45, 2.75) is 30.7 Å². The molecule has 8 heteroatoms. The van der Waals surface area contributed by atoms with Crippen LogP contribution in [-0.2, 0) is 14.8 Å². The number of piperidine rings is 1. The SMILES string of the molecule is COc1ccc(S(=O)(=O)NC2CCC(=O)N(C)C2)c(C)c1F. The van der Waals surface area contributed by atoms with E-state index in [1.807, 2.05) is 0 Å². The Labute approximate surface area is 129 Å². The van der Waals surface area contributed by atoms with Crippen molar-refractivity contribution in [1.82, 2.24) is 9.62 Å². The van der Waals surface area contributed by atoms with Crippen molar-refractivity contribution in [3.8, 4) is 5.75 Å². The molecule has 22 heavy (non-hydrogen) atoms. The minimum Gasteiger partial charge on any atom is -0.494 e. The molecule has 0 spiro atoms. The molecule has 1 unspecified atom stereocenters. The van der Waals surface area contributed by atoms with Crippen LogP contribution in [0.2, 0.25) is 0 Å². The molecule has 1 aliphatic rings. The molecule has 1 aromatic carbocycles. The van der Waals surface area contributed by atoms with Gasteiger partial charge in [0.2, 0.25) is 15.9 Å². The number of halogens is 1. The van der Waals surface area contributed by atoms with Crippen LogP contribution >= 0.6 is 0 Å². The van der Waals surface area contributed by atoms with Crippen LogP contribution in [0.15, 0.2) is 17.0 Å². The van der Waals surface area contributed by atoms with E-state index < -0.39 is 15.8 Å². The van der Waals surface area contributed by atoms with Crippen LogP contribution in [0.5, 0.6) is 5.75 Å². The Bertz CT molecular complexity index is 690. The van der Waals surface area contributed by atoms with Gasteiger partial charge < -0.3 is 9.64 Å². The summed E-state index contributed by atoms with van der Waals surface area (Å²) >= 11 is 0. The molecule has 122 valence electrons. The fourth-order valence-corrected chi connectivity index (χ4v) is 3.98. The molecule has 1 aromatic rings. The van der Waals surface area contributed by atoms with Gasteiger partial charge in [0.15, 0.2) is 11.6 Å². The Kier molecular flexibility index (Phi) is 4.72. The monoisotopic (exact) mass is 330 g/mol. The normalized spacial score (nSPS) is 19.4. The number of carbonyl (C=O) groups excluding carboxylic acids is 1. The second kappa shape index (κ2) is 6.21. The molecule has 0 saturated carbocycles. The number of amides is 1. The van der Waals surface area contributed by atoms with E-state index in [1.165, 1.54) is 31.1 Å². The predicted octanol–water partition coefficient (Wildman–Crippen LogP) is 1.04. The van der Waals surface area contributed by atoms with Crippen molar-refractivity contribution in [1.29, 1.82) is 0 Å². The first-order valence-corrected chi connectivity index (χ1v) is 8.34. The number of nitrogens with one attached hydrogen (secondary N) is 1. The number of rotatable bonds is 4. The quantitative estimate of drug-likeness (QED) is 0.895. The number of hydrogen-bond acceptors (Lipinski definition) is 4. The summed E-state index contributed by atoms with van der Waals surface area (Å²) < 4.78 is 46.3. The highest BCUT2D eigenvalue weighted by atomic mass is 32.2. The highest BCUT2D eigenvalue weighted by Gasteiger charge is 2.29. The first kappa shape index (κ1) is 16.7. The fraction of sp³-hybridized carbons (Fsp3) is 0.500. The molecule has 0 radical (unpaired) electrons. The minimum atomic E-state index is -3.86. The molecule has 0 aromatic heterocycles. The maximum absolute atomic E-state index is 14.0. The molecular formula is C14H19FN2O4S. The summed E-state index contributed by atoms with van der Waals surface area (Å²) in [4.78, 5) is 12.8. The Morgan fingerprint density at radius 2 is 2.09 bits per heavy atom. The number of ether oxygens (including phenoxy) is 1. The summed E-state index contributed by atoms with van der Waals surface area (Å²) in [6.45, 7) is 1.69. The second-order valence-corrected chi connectivity index (χ2v) is 7.02. The molecule has 1 amide bonds. The summed E-state index contributed by atoms with van der Waals surface area (Å²) in [5.74, 6) is -0.706. The van der Waals surface area contributed by atoms with Crippen molar-refractivity contribution < 1.29 is 22.3 Å². The van der Waals surface area contributed by atoms with Crippen LogP contribution in [0.25, 0.3) is 0 Å². The van der Waals surface area contributed by atoms with E-state index in [-0.39, 0.29) is 28.2 Å². The van der Waals surface area contributed by atoms with Gasteiger partial charge in [0, 0.05) is 31.6 Å². The molecule has 1 N–H and O–H groups in total. The largest absolute Gasteiger partial charge is 0.494 e. The van der Waals surface area contributed by atoms with Crippen molar-refractivity contribution in [3.05, 3.63) is 23.5 Å². The van der Waals surface area contributed by atoms with Crippen molar-refractivity contribution in [3.63, 3.8) is 0 Å². The lowest BCUT2D eigenvalue weighted by atomic mass is 10.1. The van der Waals surface area contributed by atoms with E-state index >= 15 is 0 Å². The number of nitrogens with zero attached hydrogens (tertiary/aromatic N) is 1. The number of hydrogen-bond donors (Lipinski definition) is 1. The first-order valence-electron chi connectivity index (χ1n) is 6.85. The fourth-order valence-electron chi connectivity index (χ4n) is 2.48. The molecule has 2 rings (SSSR count). The van der Waals surface area contributed by atoms with Crippen molar-refractivity contribution >= 4 is 15.9 Å². The second-order valence-electron chi connectivity index (χ2n) is 5.34. The molecule has 1 aliphatic heterocycles. The third-order valence-corrected chi connectivity index (χ3v) is 5.42. The average Bonchev–Trinajstić information content (AvgIpc) is 2.45. The van der Waals surface area contributed by atoms with Crippen LogP contribution in [0, 0.1) is 12.7 Å². The summed E-state index contributed by atoms with van der Waals surface area (Å²) in [5.41, 5.74) is 0.00657. The van der Waals surface area contributed by atoms with Gasteiger partial charge in [-0.15, -0.1) is 0 Å². The standard InChI is InChI=1S/C14H19FN2O4S/c1-9-12(6-5-11(21-3)14(9)15)22(19,20)16-10-4-7-13(18)17(2)8-10/h5-6,10,16H,4,7-8H2,1-3H3. The Morgan fingerprint density at radius 3 is 2.68 bits per heavy atom. The summed E-state index contributed by atoms with van der Waals surface area (Å²) in [5, 5.41) is 0. The zero-order valence-electron chi connectivity index (χ0n) is 12.7. The zero-order valence-corrected chi connectivity index (χ0v) is 13.5. The van der Waals surface area contributed by atoms with E-state index in [0.29, 0.717) is 19.4 Å². The molecule has 0 aliphatic carbocycles. The van der Waals surface area contributed by atoms with Crippen LogP contribution in [0.4, 0.5) is 4.39 Å². The number of sulfonamides is 1. The van der Waals surface area contributed by atoms with E-state index in [1.54, 1.807) is 7.05 Å². The number of likely N-dealkylation sites (N-methyl/N-ethyl adjacent to an activating group) is 1. The van der Waals surface area contributed by atoms with Gasteiger partial charge >= 0.3 is 0 Å². The van der Waals surface area contributed by atoms with E-state index in [4.69, 9.17) is 4.74 Å². The summed E-state index contributed by atoms with van der Waals surface area (Å²) in [7, 11) is -0.918. The lowest BCUT2D eigenvalue weighted by Gasteiger charge is -2.30. The van der Waals surface area contributed by atoms with E-state index in [0.717, 1.165) is 0 Å². The Hall–Kier alpha value is -1.67. The molecule has 0 bridgehead atoms. The third kappa shape index (κ3) is 3.22. The third-order valence-electron chi connectivity index (χ3n) is 3.76. The molecular weight excluding hydrogens is 311 g/mol. The highest BCUT2D eigenvalue weighted by molar-refractivity contribution is 7.89. The maximum atomic E-state index is 14.0. The molecule has 1 fully saturated rings. The van der Waals surface area contributed by atoms with Gasteiger partial charge in [-0.3, -0.25) is 4.79 Å². The highest BCUT2D eigenvalue weighted by Crippen LogP contribution is 2.26. The van der Waals surface area contributed by atoms with Gasteiger partial charge in [-0.05, 0) is 25.5 Å². The Morgan fingerprint density at radius 1 is 1.41 bits per heavy atom. The van der Waals surface area contributed by atoms with Gasteiger partial charge in [-0.1, -0.05) is 0 Å². The minimum absolute atomic E-state index is 0.000513. The van der Waals surface area contributed by atoms with Crippen LogP contribution in [-0.4, -0.2) is 46.0 Å². The topological polar surface area (TPSA) is 75.7 Å². The number of methoxy groups -OCH3 is 1. The van der Waals surface area contributed by atoms with E-state index in [2.05, 4.69) is 4.72 Å². The van der Waals surface area contributed by atoms with Crippen LogP contribution in [0.3, 0.4) is 0 Å². The van der Waals surface area contributed by atoms with Crippen molar-refractivity contribution in [2.24, 2.45) is 0 Å². The number of likely N-dealkylation sites (tertiary alicyclic amines) is 1. The summed E-state index contributed by atoms with van der Waals surface area (Å²) in [6.07, 6.45) is 0.722. The molecule has 6 nitrogen and oxygen atoms in total. The number of benzene rings is 1. The lowest BCUT2D eigenvalue weighted by Crippen LogP contribution is -2.48. The summed E-state index contributed by atoms with van der Waals surface area (Å²) in [6, 6.07) is 2.22. The molecule has 1 saturated heterocycles. The lowest BCUT2D eigenvalue weighted by molar-refractivity contribution is -0.132. The van der Waals surface area contributed by atoms with Gasteiger partial charge in [-0.25, -0.2) is 17.5 Å². The smallest absolute Gasteiger partial charge is 0.241 e. The van der Waals surface area contributed by atoms with E-state index in [9.17, 15) is 17.6 Å². The maximum Gasteiger partial charge on any atom is 0.241 e.